The summed E-state index contributed by atoms with van der Waals surface area (Å²) in [6.45, 7) is 4.44. The van der Waals surface area contributed by atoms with Gasteiger partial charge >= 0.3 is 0 Å². The second-order valence-electron chi connectivity index (χ2n) is 5.31. The molecule has 2 aromatic heterocycles. The molecule has 1 atom stereocenters. The van der Waals surface area contributed by atoms with Gasteiger partial charge in [0.15, 0.2) is 0 Å². The van der Waals surface area contributed by atoms with E-state index >= 15 is 0 Å². The van der Waals surface area contributed by atoms with E-state index in [1.165, 1.54) is 25.2 Å². The van der Waals surface area contributed by atoms with E-state index in [1.54, 1.807) is 11.3 Å². The van der Waals surface area contributed by atoms with Gasteiger partial charge in [-0.2, -0.15) is 0 Å². The van der Waals surface area contributed by atoms with E-state index in [-0.39, 0.29) is 0 Å². The summed E-state index contributed by atoms with van der Waals surface area (Å²) in [6.07, 6.45) is 3.11. The Bertz CT molecular complexity index is 540. The zero-order valence-corrected chi connectivity index (χ0v) is 12.6. The Kier molecular flexibility index (Phi) is 4.40. The maximum atomic E-state index is 4.71. The van der Waals surface area contributed by atoms with Crippen LogP contribution in [0.2, 0.25) is 0 Å². The highest BCUT2D eigenvalue weighted by atomic mass is 32.1. The second kappa shape index (κ2) is 6.43. The summed E-state index contributed by atoms with van der Waals surface area (Å²) in [5.74, 6) is 0.786. The van der Waals surface area contributed by atoms with Gasteiger partial charge in [0.05, 0.1) is 11.4 Å². The fraction of sp³-hybridized carbons (Fsp3) is 0.467. The summed E-state index contributed by atoms with van der Waals surface area (Å²) in [7, 11) is 2.03. The van der Waals surface area contributed by atoms with Crippen molar-refractivity contribution in [2.75, 3.05) is 26.7 Å². The van der Waals surface area contributed by atoms with Crippen LogP contribution in [0.5, 0.6) is 0 Å². The lowest BCUT2D eigenvalue weighted by Crippen LogP contribution is -2.24. The number of pyridine rings is 1. The first-order chi connectivity index (χ1) is 9.85. The number of rotatable bonds is 5. The molecule has 0 aromatic carbocycles. The SMILES string of the molecule is CNCC1CCN(Cc2csc(-c3ccccn3)n2)C1. The molecule has 2 aromatic rings. The third-order valence-electron chi connectivity index (χ3n) is 3.68. The van der Waals surface area contributed by atoms with E-state index in [9.17, 15) is 0 Å². The summed E-state index contributed by atoms with van der Waals surface area (Å²) >= 11 is 1.68. The van der Waals surface area contributed by atoms with Crippen LogP contribution >= 0.6 is 11.3 Å². The average molecular weight is 288 g/mol. The van der Waals surface area contributed by atoms with E-state index in [4.69, 9.17) is 4.98 Å². The normalized spacial score (nSPS) is 19.6. The molecular formula is C15H20N4S. The summed E-state index contributed by atoms with van der Waals surface area (Å²) in [5.41, 5.74) is 2.14. The van der Waals surface area contributed by atoms with Crippen molar-refractivity contribution in [3.63, 3.8) is 0 Å². The molecule has 1 aliphatic heterocycles. The van der Waals surface area contributed by atoms with Crippen LogP contribution < -0.4 is 5.32 Å². The van der Waals surface area contributed by atoms with Gasteiger partial charge in [-0.1, -0.05) is 6.07 Å². The number of thiazole rings is 1. The number of nitrogens with zero attached hydrogens (tertiary/aromatic N) is 3. The van der Waals surface area contributed by atoms with E-state index < -0.39 is 0 Å². The maximum Gasteiger partial charge on any atom is 0.142 e. The van der Waals surface area contributed by atoms with Crippen LogP contribution in [0.1, 0.15) is 12.1 Å². The number of hydrogen-bond acceptors (Lipinski definition) is 5. The van der Waals surface area contributed by atoms with E-state index in [0.717, 1.165) is 29.7 Å². The van der Waals surface area contributed by atoms with Gasteiger partial charge in [0, 0.05) is 24.7 Å². The predicted octanol–water partition coefficient (Wildman–Crippen LogP) is 2.25. The highest BCUT2D eigenvalue weighted by Crippen LogP contribution is 2.23. The molecule has 1 fully saturated rings. The summed E-state index contributed by atoms with van der Waals surface area (Å²) in [4.78, 5) is 11.6. The van der Waals surface area contributed by atoms with E-state index in [0.29, 0.717) is 0 Å². The number of likely N-dealkylation sites (tertiary alicyclic amines) is 1. The molecule has 1 N–H and O–H groups in total. The van der Waals surface area contributed by atoms with Crippen molar-refractivity contribution < 1.29 is 0 Å². The minimum Gasteiger partial charge on any atom is -0.319 e. The Morgan fingerprint density at radius 1 is 1.45 bits per heavy atom. The highest BCUT2D eigenvalue weighted by Gasteiger charge is 2.22. The first-order valence-corrected chi connectivity index (χ1v) is 7.96. The Morgan fingerprint density at radius 3 is 3.20 bits per heavy atom. The lowest BCUT2D eigenvalue weighted by molar-refractivity contribution is 0.312. The van der Waals surface area contributed by atoms with Crippen LogP contribution in [-0.4, -0.2) is 41.5 Å². The van der Waals surface area contributed by atoms with Crippen LogP contribution in [0.4, 0.5) is 0 Å². The molecule has 1 saturated heterocycles. The molecule has 0 spiro atoms. The molecule has 0 bridgehead atoms. The van der Waals surface area contributed by atoms with Crippen molar-refractivity contribution in [2.24, 2.45) is 5.92 Å². The highest BCUT2D eigenvalue weighted by molar-refractivity contribution is 7.13. The first-order valence-electron chi connectivity index (χ1n) is 7.08. The molecule has 1 aliphatic rings. The minimum atomic E-state index is 0.786. The fourth-order valence-electron chi connectivity index (χ4n) is 2.73. The second-order valence-corrected chi connectivity index (χ2v) is 6.16. The summed E-state index contributed by atoms with van der Waals surface area (Å²) < 4.78 is 0. The van der Waals surface area contributed by atoms with Crippen LogP contribution in [0.15, 0.2) is 29.8 Å². The average Bonchev–Trinajstić information content (AvgIpc) is 3.11. The lowest BCUT2D eigenvalue weighted by Gasteiger charge is -2.14. The molecule has 0 radical (unpaired) electrons. The summed E-state index contributed by atoms with van der Waals surface area (Å²) in [6, 6.07) is 5.96. The zero-order valence-electron chi connectivity index (χ0n) is 11.7. The topological polar surface area (TPSA) is 41.0 Å². The predicted molar refractivity (Wildman–Crippen MR) is 82.7 cm³/mol. The molecule has 3 heterocycles. The van der Waals surface area contributed by atoms with Crippen LogP contribution in [-0.2, 0) is 6.54 Å². The van der Waals surface area contributed by atoms with Crippen molar-refractivity contribution in [2.45, 2.75) is 13.0 Å². The van der Waals surface area contributed by atoms with Crippen molar-refractivity contribution in [3.05, 3.63) is 35.5 Å². The first kappa shape index (κ1) is 13.7. The molecule has 0 saturated carbocycles. The quantitative estimate of drug-likeness (QED) is 0.916. The molecule has 0 aliphatic carbocycles. The standard InChI is InChI=1S/C15H20N4S/c1-16-8-12-5-7-19(9-12)10-13-11-20-15(18-13)14-4-2-3-6-17-14/h2-4,6,11-12,16H,5,7-10H2,1H3. The Morgan fingerprint density at radius 2 is 2.40 bits per heavy atom. The molecule has 0 amide bonds. The molecule has 20 heavy (non-hydrogen) atoms. The minimum absolute atomic E-state index is 0.786. The lowest BCUT2D eigenvalue weighted by atomic mass is 10.1. The van der Waals surface area contributed by atoms with Crippen molar-refractivity contribution in [3.8, 4) is 10.7 Å². The van der Waals surface area contributed by atoms with Gasteiger partial charge in [0.2, 0.25) is 0 Å². The third kappa shape index (κ3) is 3.23. The van der Waals surface area contributed by atoms with Crippen LogP contribution in [0.3, 0.4) is 0 Å². The molecule has 3 rings (SSSR count). The van der Waals surface area contributed by atoms with Gasteiger partial charge in [-0.25, -0.2) is 4.98 Å². The Balaban J connectivity index is 1.61. The molecule has 1 unspecified atom stereocenters. The van der Waals surface area contributed by atoms with Gasteiger partial charge in [-0.3, -0.25) is 9.88 Å². The van der Waals surface area contributed by atoms with Crippen molar-refractivity contribution in [1.29, 1.82) is 0 Å². The third-order valence-corrected chi connectivity index (χ3v) is 4.60. The fourth-order valence-corrected chi connectivity index (χ4v) is 3.51. The van der Waals surface area contributed by atoms with Gasteiger partial charge in [0.25, 0.3) is 0 Å². The number of aromatic nitrogens is 2. The Hall–Kier alpha value is -1.30. The van der Waals surface area contributed by atoms with Crippen LogP contribution in [0.25, 0.3) is 10.7 Å². The van der Waals surface area contributed by atoms with Gasteiger partial charge in [-0.15, -0.1) is 11.3 Å². The summed E-state index contributed by atoms with van der Waals surface area (Å²) in [5, 5.41) is 6.45. The molecule has 4 nitrogen and oxygen atoms in total. The van der Waals surface area contributed by atoms with Gasteiger partial charge in [0.1, 0.15) is 5.01 Å². The molecular weight excluding hydrogens is 268 g/mol. The van der Waals surface area contributed by atoms with Gasteiger partial charge in [-0.05, 0) is 44.6 Å². The van der Waals surface area contributed by atoms with Crippen molar-refractivity contribution in [1.82, 2.24) is 20.2 Å². The molecule has 106 valence electrons. The van der Waals surface area contributed by atoms with Crippen LogP contribution in [0, 0.1) is 5.92 Å². The monoisotopic (exact) mass is 288 g/mol. The zero-order chi connectivity index (χ0) is 13.8. The number of hydrogen-bond donors (Lipinski definition) is 1. The van der Waals surface area contributed by atoms with Gasteiger partial charge < -0.3 is 5.32 Å². The van der Waals surface area contributed by atoms with E-state index in [2.05, 4.69) is 20.6 Å². The largest absolute Gasteiger partial charge is 0.319 e. The maximum absolute atomic E-state index is 4.71. The van der Waals surface area contributed by atoms with E-state index in [1.807, 2.05) is 31.4 Å². The number of nitrogens with one attached hydrogen (secondary N) is 1. The van der Waals surface area contributed by atoms with Crippen molar-refractivity contribution >= 4 is 11.3 Å². The Labute approximate surface area is 123 Å². The smallest absolute Gasteiger partial charge is 0.142 e. The molecule has 5 heteroatoms.